The van der Waals surface area contributed by atoms with Crippen LogP contribution in [0.15, 0.2) is 30.3 Å². The summed E-state index contributed by atoms with van der Waals surface area (Å²) in [7, 11) is 0. The summed E-state index contributed by atoms with van der Waals surface area (Å²) in [6.45, 7) is 3.27. The van der Waals surface area contributed by atoms with Crippen molar-refractivity contribution in [3.8, 4) is 0 Å². The van der Waals surface area contributed by atoms with Gasteiger partial charge in [0.25, 0.3) is 5.91 Å². The molecule has 6 heteroatoms. The van der Waals surface area contributed by atoms with Gasteiger partial charge in [0.05, 0.1) is 22.9 Å². The van der Waals surface area contributed by atoms with Gasteiger partial charge in [0, 0.05) is 17.2 Å². The van der Waals surface area contributed by atoms with Gasteiger partial charge in [0.1, 0.15) is 0 Å². The summed E-state index contributed by atoms with van der Waals surface area (Å²) in [5, 5.41) is 1.42. The molecule has 2 aromatic carbocycles. The van der Waals surface area contributed by atoms with Gasteiger partial charge in [-0.05, 0) is 86.4 Å². The van der Waals surface area contributed by atoms with Gasteiger partial charge in [0.15, 0.2) is 5.13 Å². The number of ether oxygens (including phenoxy) is 1. The lowest BCUT2D eigenvalue weighted by atomic mass is 9.90. The Kier molecular flexibility index (Phi) is 5.52. The normalized spacial score (nSPS) is 18.5. The van der Waals surface area contributed by atoms with Crippen molar-refractivity contribution >= 4 is 44.2 Å². The number of fused-ring (bicyclic) bond motifs is 2. The maximum atomic E-state index is 13.7. The van der Waals surface area contributed by atoms with Crippen molar-refractivity contribution in [2.75, 3.05) is 18.1 Å². The van der Waals surface area contributed by atoms with E-state index in [0.29, 0.717) is 16.7 Å². The number of halogens is 1. The van der Waals surface area contributed by atoms with E-state index in [1.165, 1.54) is 24.0 Å². The first-order chi connectivity index (χ1) is 14.6. The third kappa shape index (κ3) is 3.75. The number of nitrogens with zero attached hydrogens (tertiary/aromatic N) is 2. The SMILES string of the molecule is Cc1c(Cl)ccc2sc(N(CC3CCCO3)C(=O)c3ccc4c(c3)CCCC4)nc12. The molecule has 5 rings (SSSR count). The van der Waals surface area contributed by atoms with Crippen molar-refractivity contribution in [1.82, 2.24) is 4.98 Å². The van der Waals surface area contributed by atoms with Crippen LogP contribution >= 0.6 is 22.9 Å². The Morgan fingerprint density at radius 3 is 2.83 bits per heavy atom. The second kappa shape index (κ2) is 8.29. The summed E-state index contributed by atoms with van der Waals surface area (Å²) in [5.41, 5.74) is 5.26. The van der Waals surface area contributed by atoms with E-state index in [0.717, 1.165) is 53.6 Å². The average Bonchev–Trinajstić information content (AvgIpc) is 3.44. The second-order valence-corrected chi connectivity index (χ2v) is 9.67. The molecule has 1 aliphatic carbocycles. The van der Waals surface area contributed by atoms with E-state index in [2.05, 4.69) is 12.1 Å². The second-order valence-electron chi connectivity index (χ2n) is 8.26. The molecule has 4 nitrogen and oxygen atoms in total. The summed E-state index contributed by atoms with van der Waals surface area (Å²) < 4.78 is 6.90. The van der Waals surface area contributed by atoms with Gasteiger partial charge in [-0.1, -0.05) is 29.0 Å². The van der Waals surface area contributed by atoms with Crippen molar-refractivity contribution in [2.45, 2.75) is 51.6 Å². The predicted molar refractivity (Wildman–Crippen MR) is 123 cm³/mol. The summed E-state index contributed by atoms with van der Waals surface area (Å²) in [5.74, 6) is 0.00156. The molecule has 1 amide bonds. The van der Waals surface area contributed by atoms with Crippen LogP contribution in [0.5, 0.6) is 0 Å². The van der Waals surface area contributed by atoms with Gasteiger partial charge < -0.3 is 4.74 Å². The molecular formula is C24H25ClN2O2S. The molecule has 1 aliphatic heterocycles. The molecule has 2 heterocycles. The van der Waals surface area contributed by atoms with Crippen molar-refractivity contribution in [1.29, 1.82) is 0 Å². The molecule has 1 aromatic heterocycles. The minimum Gasteiger partial charge on any atom is -0.376 e. The molecule has 0 radical (unpaired) electrons. The van der Waals surface area contributed by atoms with Crippen molar-refractivity contribution < 1.29 is 9.53 Å². The number of hydrogen-bond acceptors (Lipinski definition) is 4. The monoisotopic (exact) mass is 440 g/mol. The molecule has 1 fully saturated rings. The Morgan fingerprint density at radius 1 is 1.20 bits per heavy atom. The number of amides is 1. The van der Waals surface area contributed by atoms with Crippen LogP contribution in [-0.4, -0.2) is 30.1 Å². The zero-order chi connectivity index (χ0) is 20.7. The van der Waals surface area contributed by atoms with Crippen molar-refractivity contribution in [3.05, 3.63) is 57.6 Å². The minimum absolute atomic E-state index is 0.00156. The van der Waals surface area contributed by atoms with Gasteiger partial charge in [-0.15, -0.1) is 0 Å². The highest BCUT2D eigenvalue weighted by Gasteiger charge is 2.28. The van der Waals surface area contributed by atoms with Gasteiger partial charge in [-0.2, -0.15) is 0 Å². The fourth-order valence-corrected chi connectivity index (χ4v) is 5.65. The first-order valence-electron chi connectivity index (χ1n) is 10.7. The Balaban J connectivity index is 1.53. The molecule has 1 atom stereocenters. The zero-order valence-corrected chi connectivity index (χ0v) is 18.7. The largest absolute Gasteiger partial charge is 0.376 e. The van der Waals surface area contributed by atoms with E-state index < -0.39 is 0 Å². The Bertz CT molecular complexity index is 1100. The van der Waals surface area contributed by atoms with Crippen molar-refractivity contribution in [3.63, 3.8) is 0 Å². The lowest BCUT2D eigenvalue weighted by molar-refractivity contribution is 0.0917. The highest BCUT2D eigenvalue weighted by Crippen LogP contribution is 2.35. The summed E-state index contributed by atoms with van der Waals surface area (Å²) in [6.07, 6.45) is 6.68. The van der Waals surface area contributed by atoms with Crippen LogP contribution in [0.2, 0.25) is 5.02 Å². The average molecular weight is 441 g/mol. The van der Waals surface area contributed by atoms with E-state index >= 15 is 0 Å². The summed E-state index contributed by atoms with van der Waals surface area (Å²) in [4.78, 5) is 20.3. The first-order valence-corrected chi connectivity index (χ1v) is 11.9. The van der Waals surface area contributed by atoms with Crippen molar-refractivity contribution in [2.24, 2.45) is 0 Å². The maximum Gasteiger partial charge on any atom is 0.260 e. The molecular weight excluding hydrogens is 416 g/mol. The standard InChI is InChI=1S/C24H25ClN2O2S/c1-15-20(25)10-11-21-22(15)26-24(30-21)27(14-19-7-4-12-29-19)23(28)18-9-8-16-5-2-3-6-17(16)13-18/h8-11,13,19H,2-7,12,14H2,1H3. The fourth-order valence-electron chi connectivity index (χ4n) is 4.47. The Hall–Kier alpha value is -1.95. The molecule has 1 unspecified atom stereocenters. The summed E-state index contributed by atoms with van der Waals surface area (Å²) in [6, 6.07) is 10.1. The predicted octanol–water partition coefficient (Wildman–Crippen LogP) is 5.96. The smallest absolute Gasteiger partial charge is 0.260 e. The minimum atomic E-state index is 0.00156. The van der Waals surface area contributed by atoms with E-state index in [1.54, 1.807) is 11.3 Å². The van der Waals surface area contributed by atoms with Crippen LogP contribution in [0.1, 0.15) is 52.7 Å². The molecule has 0 spiro atoms. The molecule has 0 bridgehead atoms. The molecule has 0 saturated carbocycles. The van der Waals surface area contributed by atoms with Crippen LogP contribution in [0.3, 0.4) is 0 Å². The van der Waals surface area contributed by atoms with E-state index in [4.69, 9.17) is 21.3 Å². The lowest BCUT2D eigenvalue weighted by Gasteiger charge is -2.24. The third-order valence-corrected chi connectivity index (χ3v) is 7.67. The Labute approximate surface area is 185 Å². The maximum absolute atomic E-state index is 13.7. The van der Waals surface area contributed by atoms with Gasteiger partial charge >= 0.3 is 0 Å². The Morgan fingerprint density at radius 2 is 2.03 bits per heavy atom. The number of hydrogen-bond donors (Lipinski definition) is 0. The number of aromatic nitrogens is 1. The molecule has 0 N–H and O–H groups in total. The highest BCUT2D eigenvalue weighted by atomic mass is 35.5. The topological polar surface area (TPSA) is 42.4 Å². The summed E-state index contributed by atoms with van der Waals surface area (Å²) >= 11 is 7.85. The molecule has 1 saturated heterocycles. The molecule has 156 valence electrons. The number of benzene rings is 2. The number of carbonyl (C=O) groups excluding carboxylic acids is 1. The molecule has 2 aliphatic rings. The van der Waals surface area contributed by atoms with E-state index in [-0.39, 0.29) is 12.0 Å². The van der Waals surface area contributed by atoms with Crippen LogP contribution in [0.25, 0.3) is 10.2 Å². The van der Waals surface area contributed by atoms with E-state index in [1.807, 2.05) is 30.0 Å². The van der Waals surface area contributed by atoms with E-state index in [9.17, 15) is 4.79 Å². The zero-order valence-electron chi connectivity index (χ0n) is 17.1. The highest BCUT2D eigenvalue weighted by molar-refractivity contribution is 7.22. The quantitative estimate of drug-likeness (QED) is 0.502. The van der Waals surface area contributed by atoms with Crippen LogP contribution in [-0.2, 0) is 17.6 Å². The lowest BCUT2D eigenvalue weighted by Crippen LogP contribution is -2.37. The first kappa shape index (κ1) is 20.0. The number of rotatable bonds is 4. The van der Waals surface area contributed by atoms with Crippen LogP contribution in [0, 0.1) is 6.92 Å². The fraction of sp³-hybridized carbons (Fsp3) is 0.417. The molecule has 3 aromatic rings. The van der Waals surface area contributed by atoms with Gasteiger partial charge in [0.2, 0.25) is 0 Å². The van der Waals surface area contributed by atoms with Crippen LogP contribution in [0.4, 0.5) is 5.13 Å². The van der Waals surface area contributed by atoms with Gasteiger partial charge in [-0.25, -0.2) is 4.98 Å². The van der Waals surface area contributed by atoms with Gasteiger partial charge in [-0.3, -0.25) is 9.69 Å². The number of thiazole rings is 1. The molecule has 30 heavy (non-hydrogen) atoms. The number of aryl methyl sites for hydroxylation is 3. The third-order valence-electron chi connectivity index (χ3n) is 6.22. The number of anilines is 1. The number of carbonyl (C=O) groups is 1. The van der Waals surface area contributed by atoms with Crippen LogP contribution < -0.4 is 4.90 Å².